The molecule has 7 nitrogen and oxygen atoms in total. The van der Waals surface area contributed by atoms with Crippen molar-refractivity contribution < 1.29 is 19.1 Å². The zero-order chi connectivity index (χ0) is 21.8. The van der Waals surface area contributed by atoms with E-state index in [9.17, 15) is 9.59 Å². The number of amides is 3. The van der Waals surface area contributed by atoms with Gasteiger partial charge in [0.25, 0.3) is 0 Å². The van der Waals surface area contributed by atoms with Crippen molar-refractivity contribution in [3.8, 4) is 11.5 Å². The van der Waals surface area contributed by atoms with E-state index >= 15 is 0 Å². The van der Waals surface area contributed by atoms with Gasteiger partial charge in [-0.15, -0.1) is 0 Å². The first-order valence-electron chi connectivity index (χ1n) is 9.37. The first kappa shape index (κ1) is 22.1. The molecule has 0 aromatic heterocycles. The number of carbonyl (C=O) groups excluding carboxylic acids is 2. The van der Waals surface area contributed by atoms with Crippen molar-refractivity contribution >= 4 is 40.8 Å². The zero-order valence-electron chi connectivity index (χ0n) is 16.9. The molecule has 0 spiro atoms. The Morgan fingerprint density at radius 3 is 2.33 bits per heavy atom. The number of nitrogens with zero attached hydrogens (tertiary/aromatic N) is 1. The van der Waals surface area contributed by atoms with Crippen LogP contribution in [0.1, 0.15) is 18.1 Å². The minimum atomic E-state index is -0.737. The second kappa shape index (κ2) is 9.45. The van der Waals surface area contributed by atoms with Gasteiger partial charge in [0, 0.05) is 18.8 Å². The van der Waals surface area contributed by atoms with E-state index in [2.05, 4.69) is 10.6 Å². The molecule has 1 heterocycles. The van der Waals surface area contributed by atoms with Gasteiger partial charge in [-0.3, -0.25) is 4.79 Å². The molecule has 0 saturated heterocycles. The minimum Gasteiger partial charge on any atom is -0.493 e. The third-order valence-electron chi connectivity index (χ3n) is 4.93. The topological polar surface area (TPSA) is 79.9 Å². The molecule has 0 bridgehead atoms. The van der Waals surface area contributed by atoms with Gasteiger partial charge >= 0.3 is 6.03 Å². The highest BCUT2D eigenvalue weighted by Crippen LogP contribution is 2.33. The Hall–Kier alpha value is -2.64. The van der Waals surface area contributed by atoms with E-state index in [4.69, 9.17) is 32.7 Å². The molecular formula is C21H23Cl2N3O4. The van der Waals surface area contributed by atoms with Crippen LogP contribution < -0.4 is 20.1 Å². The number of ether oxygens (including phenoxy) is 2. The number of urea groups is 1. The molecule has 160 valence electrons. The average Bonchev–Trinajstić information content (AvgIpc) is 2.74. The number of nitrogens with one attached hydrogen (secondary N) is 2. The van der Waals surface area contributed by atoms with Gasteiger partial charge in [0.15, 0.2) is 11.5 Å². The molecule has 3 amide bonds. The van der Waals surface area contributed by atoms with E-state index in [-0.39, 0.29) is 11.9 Å². The van der Waals surface area contributed by atoms with Crippen LogP contribution in [0.15, 0.2) is 30.3 Å². The third kappa shape index (κ3) is 4.91. The van der Waals surface area contributed by atoms with Crippen molar-refractivity contribution in [3.63, 3.8) is 0 Å². The number of halogens is 2. The predicted octanol–water partition coefficient (Wildman–Crippen LogP) is 4.11. The maximum Gasteiger partial charge on any atom is 0.318 e. The summed E-state index contributed by atoms with van der Waals surface area (Å²) >= 11 is 11.9. The highest BCUT2D eigenvalue weighted by atomic mass is 35.5. The lowest BCUT2D eigenvalue weighted by atomic mass is 9.99. The van der Waals surface area contributed by atoms with Gasteiger partial charge in [-0.1, -0.05) is 23.2 Å². The molecule has 0 saturated carbocycles. The van der Waals surface area contributed by atoms with Crippen LogP contribution in [0.3, 0.4) is 0 Å². The highest BCUT2D eigenvalue weighted by molar-refractivity contribution is 6.42. The average molecular weight is 452 g/mol. The van der Waals surface area contributed by atoms with Crippen LogP contribution in [0.5, 0.6) is 11.5 Å². The van der Waals surface area contributed by atoms with Crippen LogP contribution in [0, 0.1) is 0 Å². The normalized spacial score (nSPS) is 13.8. The highest BCUT2D eigenvalue weighted by Gasteiger charge is 2.25. The molecule has 2 aromatic rings. The van der Waals surface area contributed by atoms with Crippen LogP contribution in [0.4, 0.5) is 10.5 Å². The molecule has 1 unspecified atom stereocenters. The SMILES string of the molecule is COc1cc2c(cc1OC)CN(C(=O)NC(C)C(=O)Nc1ccc(Cl)c(Cl)c1)CC2. The fraction of sp³-hybridized carbons (Fsp3) is 0.333. The summed E-state index contributed by atoms with van der Waals surface area (Å²) < 4.78 is 10.7. The van der Waals surface area contributed by atoms with Crippen LogP contribution in [0.2, 0.25) is 10.0 Å². The lowest BCUT2D eigenvalue weighted by Crippen LogP contribution is -2.49. The van der Waals surface area contributed by atoms with Gasteiger partial charge in [0.1, 0.15) is 6.04 Å². The number of hydrogen-bond acceptors (Lipinski definition) is 4. The molecule has 2 N–H and O–H groups in total. The van der Waals surface area contributed by atoms with E-state index in [0.717, 1.165) is 11.1 Å². The van der Waals surface area contributed by atoms with E-state index in [1.54, 1.807) is 44.2 Å². The Balaban J connectivity index is 1.61. The fourth-order valence-corrected chi connectivity index (χ4v) is 3.52. The van der Waals surface area contributed by atoms with Gasteiger partial charge in [0.2, 0.25) is 5.91 Å². The molecule has 1 atom stereocenters. The van der Waals surface area contributed by atoms with E-state index in [1.165, 1.54) is 0 Å². The summed E-state index contributed by atoms with van der Waals surface area (Å²) in [6.45, 7) is 2.58. The molecule has 2 aromatic carbocycles. The largest absolute Gasteiger partial charge is 0.493 e. The second-order valence-electron chi connectivity index (χ2n) is 6.94. The predicted molar refractivity (Wildman–Crippen MR) is 117 cm³/mol. The quantitative estimate of drug-likeness (QED) is 0.716. The Kier molecular flexibility index (Phi) is 6.95. The molecule has 1 aliphatic heterocycles. The molecule has 30 heavy (non-hydrogen) atoms. The maximum absolute atomic E-state index is 12.7. The monoisotopic (exact) mass is 451 g/mol. The molecular weight excluding hydrogens is 429 g/mol. The van der Waals surface area contributed by atoms with Crippen molar-refractivity contribution in [1.82, 2.24) is 10.2 Å². The summed E-state index contributed by atoms with van der Waals surface area (Å²) in [6, 6.07) is 7.57. The Bertz CT molecular complexity index is 968. The summed E-state index contributed by atoms with van der Waals surface area (Å²) in [5.41, 5.74) is 2.60. The van der Waals surface area contributed by atoms with Gasteiger partial charge in [-0.25, -0.2) is 4.79 Å². The van der Waals surface area contributed by atoms with E-state index in [1.807, 2.05) is 12.1 Å². The Morgan fingerprint density at radius 1 is 1.03 bits per heavy atom. The number of rotatable bonds is 5. The van der Waals surface area contributed by atoms with Crippen molar-refractivity contribution in [2.75, 3.05) is 26.1 Å². The van der Waals surface area contributed by atoms with Crippen molar-refractivity contribution in [2.24, 2.45) is 0 Å². The maximum atomic E-state index is 12.7. The van der Waals surface area contributed by atoms with Crippen LogP contribution in [-0.4, -0.2) is 43.6 Å². The summed E-state index contributed by atoms with van der Waals surface area (Å²) in [5, 5.41) is 6.19. The number of benzene rings is 2. The first-order chi connectivity index (χ1) is 14.3. The molecule has 0 fully saturated rings. The van der Waals surface area contributed by atoms with Crippen molar-refractivity contribution in [3.05, 3.63) is 51.5 Å². The fourth-order valence-electron chi connectivity index (χ4n) is 3.22. The summed E-state index contributed by atoms with van der Waals surface area (Å²) in [6.07, 6.45) is 0.687. The van der Waals surface area contributed by atoms with Crippen molar-refractivity contribution in [1.29, 1.82) is 0 Å². The molecule has 1 aliphatic rings. The number of carbonyl (C=O) groups is 2. The first-order valence-corrected chi connectivity index (χ1v) is 10.1. The Morgan fingerprint density at radius 2 is 1.70 bits per heavy atom. The number of hydrogen-bond donors (Lipinski definition) is 2. The van der Waals surface area contributed by atoms with Crippen LogP contribution in [0.25, 0.3) is 0 Å². The standard InChI is InChI=1S/C21H23Cl2N3O4/c1-12(20(27)25-15-4-5-16(22)17(23)10-15)24-21(28)26-7-6-13-8-18(29-2)19(30-3)9-14(13)11-26/h4-5,8-10,12H,6-7,11H2,1-3H3,(H,24,28)(H,25,27). The van der Waals surface area contributed by atoms with E-state index in [0.29, 0.717) is 46.7 Å². The second-order valence-corrected chi connectivity index (χ2v) is 7.75. The zero-order valence-corrected chi connectivity index (χ0v) is 18.4. The molecule has 9 heteroatoms. The number of methoxy groups -OCH3 is 2. The van der Waals surface area contributed by atoms with Gasteiger partial charge in [0.05, 0.1) is 24.3 Å². The van der Waals surface area contributed by atoms with Crippen LogP contribution in [-0.2, 0) is 17.8 Å². The molecule has 3 rings (SSSR count). The van der Waals surface area contributed by atoms with Gasteiger partial charge < -0.3 is 25.0 Å². The van der Waals surface area contributed by atoms with Crippen LogP contribution >= 0.6 is 23.2 Å². The smallest absolute Gasteiger partial charge is 0.318 e. The third-order valence-corrected chi connectivity index (χ3v) is 5.66. The van der Waals surface area contributed by atoms with Crippen molar-refractivity contribution in [2.45, 2.75) is 25.9 Å². The summed E-state index contributed by atoms with van der Waals surface area (Å²) in [4.78, 5) is 26.8. The summed E-state index contributed by atoms with van der Waals surface area (Å²) in [7, 11) is 3.17. The lowest BCUT2D eigenvalue weighted by molar-refractivity contribution is -0.117. The molecule has 0 radical (unpaired) electrons. The van der Waals surface area contributed by atoms with Gasteiger partial charge in [-0.05, 0) is 54.8 Å². The lowest BCUT2D eigenvalue weighted by Gasteiger charge is -2.30. The van der Waals surface area contributed by atoms with Gasteiger partial charge in [-0.2, -0.15) is 0 Å². The minimum absolute atomic E-state index is 0.313. The number of fused-ring (bicyclic) bond motifs is 1. The molecule has 0 aliphatic carbocycles. The number of anilines is 1. The van der Waals surface area contributed by atoms with E-state index < -0.39 is 6.04 Å². The Labute approximate surface area is 185 Å². The summed E-state index contributed by atoms with van der Waals surface area (Å²) in [5.74, 6) is 0.931.